The van der Waals surface area contributed by atoms with E-state index in [0.29, 0.717) is 28.7 Å². The summed E-state index contributed by atoms with van der Waals surface area (Å²) in [6, 6.07) is 11.1. The minimum absolute atomic E-state index is 0.00636. The first-order valence-electron chi connectivity index (χ1n) is 12.6. The van der Waals surface area contributed by atoms with E-state index in [0.717, 1.165) is 11.1 Å². The third-order valence-electron chi connectivity index (χ3n) is 6.69. The molecule has 0 radical (unpaired) electrons. The normalized spacial score (nSPS) is 12.8. The number of amides is 2. The molecule has 1 N–H and O–H groups in total. The van der Waals surface area contributed by atoms with E-state index in [1.54, 1.807) is 51.1 Å². The predicted molar refractivity (Wildman–Crippen MR) is 143 cm³/mol. The number of fused-ring (bicyclic) bond motifs is 1. The van der Waals surface area contributed by atoms with Gasteiger partial charge in [0, 0.05) is 12.2 Å². The van der Waals surface area contributed by atoms with Crippen molar-refractivity contribution in [1.29, 1.82) is 0 Å². The van der Waals surface area contributed by atoms with Gasteiger partial charge in [0.2, 0.25) is 0 Å². The Kier molecular flexibility index (Phi) is 7.88. The second-order valence-electron chi connectivity index (χ2n) is 9.60. The van der Waals surface area contributed by atoms with Crippen LogP contribution in [0.2, 0.25) is 0 Å². The summed E-state index contributed by atoms with van der Waals surface area (Å²) in [5.74, 6) is 0.166. The lowest BCUT2D eigenvalue weighted by Gasteiger charge is -2.30. The number of urea groups is 1. The molecule has 6 nitrogen and oxygen atoms in total. The SMILES string of the molecule is CCN(C(=O)Nc1cc(C(F)(F)F)cc(C(F)(F)F)c1)C(C)c1nc2ccccc2c(=O)n1-c1cc(C)ccc1C. The lowest BCUT2D eigenvalue weighted by atomic mass is 10.1. The average Bonchev–Trinajstić information content (AvgIpc) is 2.89. The zero-order valence-corrected chi connectivity index (χ0v) is 22.5. The van der Waals surface area contributed by atoms with Crippen molar-refractivity contribution in [2.75, 3.05) is 11.9 Å². The molecule has 0 aliphatic heterocycles. The van der Waals surface area contributed by atoms with Crippen molar-refractivity contribution >= 4 is 22.6 Å². The summed E-state index contributed by atoms with van der Waals surface area (Å²) in [5.41, 5.74) is -1.68. The second kappa shape index (κ2) is 10.9. The summed E-state index contributed by atoms with van der Waals surface area (Å²) in [6.07, 6.45) is -10.1. The summed E-state index contributed by atoms with van der Waals surface area (Å²) in [7, 11) is 0. The Morgan fingerprint density at radius 1 is 0.951 bits per heavy atom. The van der Waals surface area contributed by atoms with E-state index < -0.39 is 46.8 Å². The number of alkyl halides is 6. The molecule has 4 rings (SSSR count). The fourth-order valence-electron chi connectivity index (χ4n) is 4.58. The number of halogens is 6. The van der Waals surface area contributed by atoms with Crippen LogP contribution in [0.3, 0.4) is 0 Å². The van der Waals surface area contributed by atoms with Crippen molar-refractivity contribution in [1.82, 2.24) is 14.5 Å². The summed E-state index contributed by atoms with van der Waals surface area (Å²) in [6.45, 7) is 6.82. The number of benzene rings is 3. The van der Waals surface area contributed by atoms with E-state index in [4.69, 9.17) is 0 Å². The van der Waals surface area contributed by atoms with Crippen LogP contribution in [-0.4, -0.2) is 27.0 Å². The summed E-state index contributed by atoms with van der Waals surface area (Å²) >= 11 is 0. The second-order valence-corrected chi connectivity index (χ2v) is 9.60. The van der Waals surface area contributed by atoms with Gasteiger partial charge in [-0.25, -0.2) is 9.78 Å². The molecule has 41 heavy (non-hydrogen) atoms. The molecule has 0 bridgehead atoms. The van der Waals surface area contributed by atoms with Gasteiger partial charge in [-0.3, -0.25) is 9.36 Å². The van der Waals surface area contributed by atoms with Crippen LogP contribution in [0.15, 0.2) is 65.5 Å². The summed E-state index contributed by atoms with van der Waals surface area (Å²) < 4.78 is 81.5. The smallest absolute Gasteiger partial charge is 0.315 e. The van der Waals surface area contributed by atoms with E-state index in [9.17, 15) is 35.9 Å². The number of nitrogens with one attached hydrogen (secondary N) is 1. The lowest BCUT2D eigenvalue weighted by molar-refractivity contribution is -0.143. The Hall–Kier alpha value is -4.35. The topological polar surface area (TPSA) is 67.2 Å². The van der Waals surface area contributed by atoms with E-state index in [2.05, 4.69) is 10.3 Å². The molecule has 1 unspecified atom stereocenters. The van der Waals surface area contributed by atoms with Crippen LogP contribution in [0, 0.1) is 13.8 Å². The van der Waals surface area contributed by atoms with Crippen molar-refractivity contribution in [3.63, 3.8) is 0 Å². The minimum Gasteiger partial charge on any atom is -0.315 e. The van der Waals surface area contributed by atoms with E-state index >= 15 is 0 Å². The quantitative estimate of drug-likeness (QED) is 0.248. The Labute approximate surface area is 231 Å². The first-order valence-corrected chi connectivity index (χ1v) is 12.6. The Bertz CT molecular complexity index is 1640. The van der Waals surface area contributed by atoms with E-state index in [1.807, 2.05) is 19.1 Å². The molecule has 1 aromatic heterocycles. The van der Waals surface area contributed by atoms with Crippen LogP contribution in [0.25, 0.3) is 16.6 Å². The van der Waals surface area contributed by atoms with Crippen LogP contribution >= 0.6 is 0 Å². The molecule has 2 amide bonds. The number of rotatable bonds is 5. The van der Waals surface area contributed by atoms with Gasteiger partial charge in [-0.1, -0.05) is 24.3 Å². The van der Waals surface area contributed by atoms with Crippen LogP contribution in [-0.2, 0) is 12.4 Å². The van der Waals surface area contributed by atoms with Crippen molar-refractivity contribution in [3.05, 3.63) is 99.1 Å². The van der Waals surface area contributed by atoms with Crippen LogP contribution in [0.5, 0.6) is 0 Å². The molecule has 1 atom stereocenters. The Morgan fingerprint density at radius 3 is 2.15 bits per heavy atom. The number of aryl methyl sites for hydroxylation is 2. The first-order chi connectivity index (χ1) is 19.1. The van der Waals surface area contributed by atoms with Gasteiger partial charge in [0.1, 0.15) is 5.82 Å². The molecule has 216 valence electrons. The third-order valence-corrected chi connectivity index (χ3v) is 6.69. The number of nitrogens with zero attached hydrogens (tertiary/aromatic N) is 3. The van der Waals surface area contributed by atoms with Crippen LogP contribution < -0.4 is 10.9 Å². The molecule has 4 aromatic rings. The molecular weight excluding hydrogens is 550 g/mol. The number of hydrogen-bond donors (Lipinski definition) is 1. The lowest BCUT2D eigenvalue weighted by Crippen LogP contribution is -2.40. The van der Waals surface area contributed by atoms with Crippen molar-refractivity contribution in [3.8, 4) is 5.69 Å². The fourth-order valence-corrected chi connectivity index (χ4v) is 4.58. The predicted octanol–water partition coefficient (Wildman–Crippen LogP) is 7.66. The molecule has 12 heteroatoms. The van der Waals surface area contributed by atoms with Crippen LogP contribution in [0.4, 0.5) is 36.8 Å². The summed E-state index contributed by atoms with van der Waals surface area (Å²) in [5, 5.41) is 2.51. The number of carbonyl (C=O) groups is 1. The van der Waals surface area contributed by atoms with Crippen molar-refractivity contribution < 1.29 is 31.1 Å². The zero-order valence-electron chi connectivity index (χ0n) is 22.5. The van der Waals surface area contributed by atoms with Crippen LogP contribution in [0.1, 0.15) is 48.0 Å². The molecular formula is C29H26F6N4O2. The number of carbonyl (C=O) groups excluding carboxylic acids is 1. The Balaban J connectivity index is 1.82. The van der Waals surface area contributed by atoms with Gasteiger partial charge in [-0.2, -0.15) is 26.3 Å². The van der Waals surface area contributed by atoms with Gasteiger partial charge >= 0.3 is 18.4 Å². The largest absolute Gasteiger partial charge is 0.416 e. The highest BCUT2D eigenvalue weighted by molar-refractivity contribution is 5.90. The van der Waals surface area contributed by atoms with Gasteiger partial charge in [-0.05, 0) is 75.2 Å². The monoisotopic (exact) mass is 576 g/mol. The fraction of sp³-hybridized carbons (Fsp3) is 0.276. The molecule has 0 aliphatic carbocycles. The van der Waals surface area contributed by atoms with E-state index in [1.165, 1.54) is 9.47 Å². The molecule has 1 heterocycles. The van der Waals surface area contributed by atoms with Crippen molar-refractivity contribution in [2.45, 2.75) is 46.1 Å². The Morgan fingerprint density at radius 2 is 1.56 bits per heavy atom. The highest BCUT2D eigenvalue weighted by Gasteiger charge is 2.37. The maximum Gasteiger partial charge on any atom is 0.416 e. The van der Waals surface area contributed by atoms with E-state index in [-0.39, 0.29) is 18.4 Å². The molecule has 0 aliphatic rings. The third kappa shape index (κ3) is 6.06. The average molecular weight is 577 g/mol. The molecule has 0 fully saturated rings. The first kappa shape index (κ1) is 29.6. The molecule has 0 spiro atoms. The number of aromatic nitrogens is 2. The summed E-state index contributed by atoms with van der Waals surface area (Å²) in [4.78, 5) is 32.9. The number of para-hydroxylation sites is 1. The maximum absolute atomic E-state index is 13.7. The van der Waals surface area contributed by atoms with Crippen molar-refractivity contribution in [2.24, 2.45) is 0 Å². The molecule has 0 saturated heterocycles. The molecule has 3 aromatic carbocycles. The minimum atomic E-state index is -5.07. The van der Waals surface area contributed by atoms with Gasteiger partial charge in [0.25, 0.3) is 5.56 Å². The highest BCUT2D eigenvalue weighted by atomic mass is 19.4. The maximum atomic E-state index is 13.7. The highest BCUT2D eigenvalue weighted by Crippen LogP contribution is 2.38. The number of anilines is 1. The molecule has 0 saturated carbocycles. The number of hydrogen-bond acceptors (Lipinski definition) is 3. The van der Waals surface area contributed by atoms with Gasteiger partial charge in [-0.15, -0.1) is 0 Å². The standard InChI is InChI=1S/C29H26F6N4O2/c1-5-38(27(41)36-21-14-19(28(30,31)32)13-20(15-21)29(33,34)35)18(4)25-37-23-9-7-6-8-22(23)26(40)39(25)24-12-16(2)10-11-17(24)3/h6-15,18H,5H2,1-4H3,(H,36,41). The van der Waals surface area contributed by atoms with Gasteiger partial charge in [0.05, 0.1) is 33.8 Å². The zero-order chi connectivity index (χ0) is 30.3. The van der Waals surface area contributed by atoms with Gasteiger partial charge in [0.15, 0.2) is 0 Å². The van der Waals surface area contributed by atoms with Gasteiger partial charge < -0.3 is 10.2 Å².